The van der Waals surface area contributed by atoms with E-state index < -0.39 is 23.6 Å². The molecule has 0 radical (unpaired) electrons. The van der Waals surface area contributed by atoms with Crippen LogP contribution in [0.1, 0.15) is 43.5 Å². The van der Waals surface area contributed by atoms with Crippen molar-refractivity contribution >= 4 is 11.9 Å². The summed E-state index contributed by atoms with van der Waals surface area (Å²) in [6.07, 6.45) is 0.677. The van der Waals surface area contributed by atoms with E-state index in [0.717, 1.165) is 11.1 Å². The normalized spacial score (nSPS) is 10.6. The van der Waals surface area contributed by atoms with E-state index in [-0.39, 0.29) is 22.8 Å². The zero-order valence-corrected chi connectivity index (χ0v) is 23.9. The van der Waals surface area contributed by atoms with Crippen LogP contribution < -0.4 is 0 Å². The molecular formula is C33H26F2N6O4. The summed E-state index contributed by atoms with van der Waals surface area (Å²) in [6, 6.07) is 31.1. The molecule has 45 heavy (non-hydrogen) atoms. The second-order valence-corrected chi connectivity index (χ2v) is 9.62. The molecule has 0 spiro atoms. The Morgan fingerprint density at radius 2 is 1.04 bits per heavy atom. The van der Waals surface area contributed by atoms with E-state index in [9.17, 15) is 23.5 Å². The largest absolute Gasteiger partial charge is 0.476 e. The lowest BCUT2D eigenvalue weighted by atomic mass is 10.1. The topological polar surface area (TPSA) is 125 Å². The number of esters is 1. The first-order valence-corrected chi connectivity index (χ1v) is 13.7. The maximum atomic E-state index is 14.1. The standard InChI is InChI=1S/C17H14FN3O2.C16H12FN3O2/c1-23-17(22)16-15(11-12-7-3-2-4-8-12)21(20-19-16)14-10-6-5-9-13(14)18;17-12-8-4-5-9-13(12)20-14(15(16(21)22)18-19-20)10-11-6-2-1-3-7-11/h2-10H,11H2,1H3;1-9H,10H2,(H,21,22). The number of carboxylic acids is 1. The van der Waals surface area contributed by atoms with Crippen LogP contribution in [0, 0.1) is 11.6 Å². The molecule has 0 unspecified atom stereocenters. The van der Waals surface area contributed by atoms with Crippen LogP contribution in [-0.2, 0) is 17.6 Å². The van der Waals surface area contributed by atoms with Crippen LogP contribution in [0.15, 0.2) is 109 Å². The van der Waals surface area contributed by atoms with Crippen molar-refractivity contribution in [1.82, 2.24) is 30.0 Å². The van der Waals surface area contributed by atoms with Crippen molar-refractivity contribution in [3.05, 3.63) is 155 Å². The molecule has 0 bridgehead atoms. The minimum absolute atomic E-state index is 0.0830. The van der Waals surface area contributed by atoms with Crippen molar-refractivity contribution in [2.24, 2.45) is 0 Å². The predicted octanol–water partition coefficient (Wildman–Crippen LogP) is 5.48. The lowest BCUT2D eigenvalue weighted by molar-refractivity contribution is 0.0591. The van der Waals surface area contributed by atoms with E-state index in [4.69, 9.17) is 4.74 Å². The lowest BCUT2D eigenvalue weighted by Crippen LogP contribution is -2.10. The van der Waals surface area contributed by atoms with E-state index in [0.29, 0.717) is 24.2 Å². The smallest absolute Gasteiger partial charge is 0.360 e. The van der Waals surface area contributed by atoms with E-state index in [1.807, 2.05) is 60.7 Å². The number of carbonyl (C=O) groups excluding carboxylic acids is 1. The summed E-state index contributed by atoms with van der Waals surface area (Å²) in [7, 11) is 1.27. The highest BCUT2D eigenvalue weighted by molar-refractivity contribution is 5.88. The number of ether oxygens (including phenoxy) is 1. The number of carbonyl (C=O) groups is 2. The first kappa shape index (κ1) is 30.4. The highest BCUT2D eigenvalue weighted by Crippen LogP contribution is 2.21. The number of aromatic carboxylic acids is 1. The fraction of sp³-hybridized carbons (Fsp3) is 0.0909. The maximum Gasteiger partial charge on any atom is 0.360 e. The van der Waals surface area contributed by atoms with Crippen LogP contribution in [-0.4, -0.2) is 54.1 Å². The van der Waals surface area contributed by atoms with Crippen molar-refractivity contribution in [2.45, 2.75) is 12.8 Å². The number of rotatable bonds is 8. The third-order valence-corrected chi connectivity index (χ3v) is 6.70. The van der Waals surface area contributed by atoms with Gasteiger partial charge in [-0.05, 0) is 35.4 Å². The molecule has 0 saturated heterocycles. The molecule has 0 aliphatic heterocycles. The number of methoxy groups -OCH3 is 1. The highest BCUT2D eigenvalue weighted by atomic mass is 19.1. The molecule has 6 aromatic rings. The van der Waals surface area contributed by atoms with Crippen molar-refractivity contribution < 1.29 is 28.2 Å². The number of hydrogen-bond donors (Lipinski definition) is 1. The quantitative estimate of drug-likeness (QED) is 0.225. The Balaban J connectivity index is 0.000000178. The summed E-state index contributed by atoms with van der Waals surface area (Å²) in [5.41, 5.74) is 2.99. The second-order valence-electron chi connectivity index (χ2n) is 9.62. The number of halogens is 2. The van der Waals surface area contributed by atoms with Gasteiger partial charge in [-0.3, -0.25) is 0 Å². The third kappa shape index (κ3) is 6.96. The van der Waals surface area contributed by atoms with Crippen LogP contribution >= 0.6 is 0 Å². The van der Waals surface area contributed by atoms with Crippen molar-refractivity contribution in [2.75, 3.05) is 7.11 Å². The Hall–Kier alpha value is -6.04. The van der Waals surface area contributed by atoms with Gasteiger partial charge in [0, 0.05) is 12.8 Å². The van der Waals surface area contributed by atoms with E-state index >= 15 is 0 Å². The van der Waals surface area contributed by atoms with E-state index in [1.54, 1.807) is 30.3 Å². The highest BCUT2D eigenvalue weighted by Gasteiger charge is 2.23. The fourth-order valence-corrected chi connectivity index (χ4v) is 4.55. The zero-order chi connectivity index (χ0) is 31.8. The Morgan fingerprint density at radius 3 is 1.47 bits per heavy atom. The van der Waals surface area contributed by atoms with Gasteiger partial charge in [0.2, 0.25) is 0 Å². The van der Waals surface area contributed by atoms with Gasteiger partial charge in [0.1, 0.15) is 23.0 Å². The molecule has 2 heterocycles. The van der Waals surface area contributed by atoms with Crippen molar-refractivity contribution in [3.63, 3.8) is 0 Å². The molecule has 226 valence electrons. The van der Waals surface area contributed by atoms with Gasteiger partial charge in [0.05, 0.1) is 18.5 Å². The van der Waals surface area contributed by atoms with Gasteiger partial charge in [-0.15, -0.1) is 10.2 Å². The van der Waals surface area contributed by atoms with Gasteiger partial charge in [-0.1, -0.05) is 95.4 Å². The van der Waals surface area contributed by atoms with Crippen molar-refractivity contribution in [3.8, 4) is 11.4 Å². The molecule has 0 aliphatic carbocycles. The molecule has 2 aromatic heterocycles. The van der Waals surface area contributed by atoms with Gasteiger partial charge in [0.25, 0.3) is 0 Å². The molecule has 0 atom stereocenters. The van der Waals surface area contributed by atoms with Gasteiger partial charge in [-0.25, -0.2) is 27.7 Å². The van der Waals surface area contributed by atoms with Crippen LogP contribution in [0.2, 0.25) is 0 Å². The first-order valence-electron chi connectivity index (χ1n) is 13.7. The fourth-order valence-electron chi connectivity index (χ4n) is 4.55. The molecule has 0 aliphatic rings. The molecular weight excluding hydrogens is 582 g/mol. The van der Waals surface area contributed by atoms with E-state index in [2.05, 4.69) is 20.6 Å². The number of nitrogens with zero attached hydrogens (tertiary/aromatic N) is 6. The summed E-state index contributed by atoms with van der Waals surface area (Å²) in [6.45, 7) is 0. The first-order chi connectivity index (χ1) is 21.9. The molecule has 12 heteroatoms. The summed E-state index contributed by atoms with van der Waals surface area (Å²) in [5, 5.41) is 24.6. The average Bonchev–Trinajstić information content (AvgIpc) is 3.67. The van der Waals surface area contributed by atoms with E-state index in [1.165, 1.54) is 34.7 Å². The summed E-state index contributed by atoms with van der Waals surface area (Å²) < 4.78 is 35.4. The monoisotopic (exact) mass is 608 g/mol. The zero-order valence-electron chi connectivity index (χ0n) is 23.9. The van der Waals surface area contributed by atoms with Gasteiger partial charge in [0.15, 0.2) is 11.4 Å². The third-order valence-electron chi connectivity index (χ3n) is 6.70. The molecule has 10 nitrogen and oxygen atoms in total. The number of hydrogen-bond acceptors (Lipinski definition) is 7. The number of aromatic nitrogens is 6. The summed E-state index contributed by atoms with van der Waals surface area (Å²) in [5.74, 6) is -2.71. The Kier molecular flexibility index (Phi) is 9.43. The number of carboxylic acid groups (broad SMARTS) is 1. The second kappa shape index (κ2) is 14.0. The van der Waals surface area contributed by atoms with Gasteiger partial charge >= 0.3 is 11.9 Å². The average molecular weight is 609 g/mol. The minimum Gasteiger partial charge on any atom is -0.476 e. The van der Waals surface area contributed by atoms with Gasteiger partial charge in [-0.2, -0.15) is 0 Å². The maximum absolute atomic E-state index is 14.1. The number of para-hydroxylation sites is 2. The molecule has 4 aromatic carbocycles. The molecule has 6 rings (SSSR count). The SMILES string of the molecule is COC(=O)c1nnn(-c2ccccc2F)c1Cc1ccccc1.O=C(O)c1nnn(-c2ccccc2F)c1Cc1ccccc1. The Morgan fingerprint density at radius 1 is 0.644 bits per heavy atom. The van der Waals surface area contributed by atoms with Gasteiger partial charge < -0.3 is 9.84 Å². The van der Waals surface area contributed by atoms with Crippen LogP contribution in [0.25, 0.3) is 11.4 Å². The predicted molar refractivity (Wildman–Crippen MR) is 159 cm³/mol. The Bertz CT molecular complexity index is 1930. The minimum atomic E-state index is -1.19. The molecule has 0 amide bonds. The van der Waals surface area contributed by atoms with Crippen LogP contribution in [0.5, 0.6) is 0 Å². The van der Waals surface area contributed by atoms with Crippen LogP contribution in [0.4, 0.5) is 8.78 Å². The molecule has 1 N–H and O–H groups in total. The lowest BCUT2D eigenvalue weighted by Gasteiger charge is -2.08. The summed E-state index contributed by atoms with van der Waals surface area (Å²) >= 11 is 0. The summed E-state index contributed by atoms with van der Waals surface area (Å²) in [4.78, 5) is 23.3. The van der Waals surface area contributed by atoms with Crippen molar-refractivity contribution in [1.29, 1.82) is 0 Å². The van der Waals surface area contributed by atoms with Crippen LogP contribution in [0.3, 0.4) is 0 Å². The molecule has 0 saturated carbocycles. The Labute approximate surface area is 256 Å². The molecule has 0 fully saturated rings. The number of benzene rings is 4.